The topological polar surface area (TPSA) is 52.6 Å². The number of anilines is 1. The number of carbonyl (C=O) groups excluding carboxylic acids is 1. The van der Waals surface area contributed by atoms with Gasteiger partial charge in [-0.2, -0.15) is 0 Å². The van der Waals surface area contributed by atoms with E-state index >= 15 is 0 Å². The number of para-hydroxylation sites is 1. The number of aliphatic hydroxyl groups is 1. The molecule has 24 heavy (non-hydrogen) atoms. The van der Waals surface area contributed by atoms with Gasteiger partial charge in [0, 0.05) is 12.2 Å². The van der Waals surface area contributed by atoms with E-state index < -0.39 is 5.60 Å². The first-order valence-corrected chi connectivity index (χ1v) is 8.58. The molecule has 0 unspecified atom stereocenters. The summed E-state index contributed by atoms with van der Waals surface area (Å²) in [6.07, 6.45) is 2.96. The molecule has 0 aromatic heterocycles. The third-order valence-corrected chi connectivity index (χ3v) is 5.07. The quantitative estimate of drug-likeness (QED) is 0.905. The monoisotopic (exact) mass is 322 g/mol. The summed E-state index contributed by atoms with van der Waals surface area (Å²) in [4.78, 5) is 14.3. The maximum atomic E-state index is 12.6. The van der Waals surface area contributed by atoms with Crippen LogP contribution in [-0.2, 0) is 5.60 Å². The van der Waals surface area contributed by atoms with Crippen molar-refractivity contribution in [1.82, 2.24) is 4.90 Å². The van der Waals surface area contributed by atoms with Crippen molar-refractivity contribution in [2.24, 2.45) is 0 Å². The van der Waals surface area contributed by atoms with Crippen LogP contribution in [0.25, 0.3) is 0 Å². The molecule has 1 saturated carbocycles. The zero-order valence-electron chi connectivity index (χ0n) is 13.6. The summed E-state index contributed by atoms with van der Waals surface area (Å²) >= 11 is 0. The molecule has 4 heteroatoms. The van der Waals surface area contributed by atoms with E-state index in [1.165, 1.54) is 18.4 Å². The van der Waals surface area contributed by atoms with Crippen molar-refractivity contribution in [3.8, 4) is 0 Å². The maximum absolute atomic E-state index is 12.6. The molecule has 1 heterocycles. The molecule has 4 rings (SSSR count). The fraction of sp³-hybridized carbons (Fsp3) is 0.350. The first-order valence-electron chi connectivity index (χ1n) is 8.58. The van der Waals surface area contributed by atoms with Crippen LogP contribution < -0.4 is 5.32 Å². The minimum Gasteiger partial charge on any atom is -0.383 e. The molecule has 2 fully saturated rings. The molecule has 2 aromatic carbocycles. The van der Waals surface area contributed by atoms with Crippen molar-refractivity contribution < 1.29 is 9.90 Å². The van der Waals surface area contributed by atoms with E-state index in [2.05, 4.69) is 11.4 Å². The van der Waals surface area contributed by atoms with Gasteiger partial charge in [0.1, 0.15) is 5.60 Å². The molecule has 0 spiro atoms. The van der Waals surface area contributed by atoms with Gasteiger partial charge in [0.15, 0.2) is 0 Å². The molecule has 1 aliphatic carbocycles. The minimum absolute atomic E-state index is 0.130. The van der Waals surface area contributed by atoms with E-state index in [1.54, 1.807) is 4.90 Å². The van der Waals surface area contributed by atoms with Crippen molar-refractivity contribution in [2.75, 3.05) is 18.4 Å². The highest BCUT2D eigenvalue weighted by Crippen LogP contribution is 2.43. The van der Waals surface area contributed by atoms with Gasteiger partial charge in [-0.1, -0.05) is 48.5 Å². The predicted octanol–water partition coefficient (Wildman–Crippen LogP) is 3.69. The second-order valence-corrected chi connectivity index (χ2v) is 6.86. The van der Waals surface area contributed by atoms with E-state index in [4.69, 9.17) is 0 Å². The van der Waals surface area contributed by atoms with E-state index in [1.807, 2.05) is 48.5 Å². The Morgan fingerprint density at radius 1 is 1.08 bits per heavy atom. The van der Waals surface area contributed by atoms with Gasteiger partial charge in [-0.3, -0.25) is 0 Å². The average molecular weight is 322 g/mol. The molecular weight excluding hydrogens is 300 g/mol. The first-order chi connectivity index (χ1) is 11.7. The highest BCUT2D eigenvalue weighted by Gasteiger charge is 2.39. The second-order valence-electron chi connectivity index (χ2n) is 6.86. The molecule has 2 amide bonds. The number of rotatable bonds is 3. The number of hydrogen-bond acceptors (Lipinski definition) is 2. The number of β-amino-alcohol motifs (C(OH)–C–C–N with tert-alkyl or cyclic N) is 1. The lowest BCUT2D eigenvalue weighted by atomic mass is 9.93. The van der Waals surface area contributed by atoms with Crippen LogP contribution >= 0.6 is 0 Å². The summed E-state index contributed by atoms with van der Waals surface area (Å²) in [6.45, 7) is 0.886. The Labute approximate surface area is 142 Å². The molecule has 4 nitrogen and oxygen atoms in total. The Kier molecular flexibility index (Phi) is 3.77. The average Bonchev–Trinajstić information content (AvgIpc) is 3.38. The Balaban J connectivity index is 1.47. The van der Waals surface area contributed by atoms with Gasteiger partial charge in [0.25, 0.3) is 0 Å². The van der Waals surface area contributed by atoms with Crippen LogP contribution in [-0.4, -0.2) is 29.1 Å². The SMILES string of the molecule is O=C(Nc1ccccc1C1CC1)N1CC[C@@](O)(c2ccccc2)C1. The summed E-state index contributed by atoms with van der Waals surface area (Å²) < 4.78 is 0. The highest BCUT2D eigenvalue weighted by atomic mass is 16.3. The van der Waals surface area contributed by atoms with E-state index in [-0.39, 0.29) is 6.03 Å². The van der Waals surface area contributed by atoms with Crippen molar-refractivity contribution in [3.63, 3.8) is 0 Å². The van der Waals surface area contributed by atoms with Crippen molar-refractivity contribution >= 4 is 11.7 Å². The Morgan fingerprint density at radius 2 is 1.79 bits per heavy atom. The van der Waals surface area contributed by atoms with Crippen LogP contribution in [0.5, 0.6) is 0 Å². The standard InChI is InChI=1S/C20H22N2O2/c23-19(21-18-9-5-4-8-17(18)15-10-11-15)22-13-12-20(24,14-22)16-6-2-1-3-7-16/h1-9,15,24H,10-14H2,(H,21,23)/t20-/m0/s1. The number of likely N-dealkylation sites (tertiary alicyclic amines) is 1. The molecule has 2 aliphatic rings. The predicted molar refractivity (Wildman–Crippen MR) is 94.0 cm³/mol. The fourth-order valence-electron chi connectivity index (χ4n) is 3.51. The van der Waals surface area contributed by atoms with Crippen LogP contribution in [0.1, 0.15) is 36.3 Å². The Morgan fingerprint density at radius 3 is 2.54 bits per heavy atom. The molecule has 1 aliphatic heterocycles. The summed E-state index contributed by atoms with van der Waals surface area (Å²) in [6, 6.07) is 17.5. The maximum Gasteiger partial charge on any atom is 0.321 e. The molecule has 2 N–H and O–H groups in total. The number of benzene rings is 2. The largest absolute Gasteiger partial charge is 0.383 e. The van der Waals surface area contributed by atoms with Gasteiger partial charge >= 0.3 is 6.03 Å². The number of amides is 2. The molecule has 0 bridgehead atoms. The van der Waals surface area contributed by atoms with Gasteiger partial charge < -0.3 is 15.3 Å². The van der Waals surface area contributed by atoms with Crippen LogP contribution in [0.4, 0.5) is 10.5 Å². The van der Waals surface area contributed by atoms with Crippen LogP contribution in [0.2, 0.25) is 0 Å². The second kappa shape index (κ2) is 5.95. The van der Waals surface area contributed by atoms with Gasteiger partial charge in [-0.05, 0) is 42.4 Å². The van der Waals surface area contributed by atoms with Crippen molar-refractivity contribution in [3.05, 3.63) is 65.7 Å². The van der Waals surface area contributed by atoms with Crippen LogP contribution in [0.3, 0.4) is 0 Å². The normalized spacial score (nSPS) is 23.3. The third kappa shape index (κ3) is 2.89. The lowest BCUT2D eigenvalue weighted by Gasteiger charge is -2.24. The smallest absolute Gasteiger partial charge is 0.321 e. The molecule has 1 saturated heterocycles. The summed E-state index contributed by atoms with van der Waals surface area (Å²) in [7, 11) is 0. The highest BCUT2D eigenvalue weighted by molar-refractivity contribution is 5.90. The Bertz CT molecular complexity index is 742. The molecule has 0 radical (unpaired) electrons. The first kappa shape index (κ1) is 15.2. The van der Waals surface area contributed by atoms with Gasteiger partial charge in [0.2, 0.25) is 0 Å². The minimum atomic E-state index is -0.950. The summed E-state index contributed by atoms with van der Waals surface area (Å²) in [5, 5.41) is 13.9. The van der Waals surface area contributed by atoms with Crippen LogP contribution in [0.15, 0.2) is 54.6 Å². The van der Waals surface area contributed by atoms with Gasteiger partial charge in [0.05, 0.1) is 6.54 Å². The van der Waals surface area contributed by atoms with Crippen LogP contribution in [0, 0.1) is 0 Å². The fourth-order valence-corrected chi connectivity index (χ4v) is 3.51. The number of urea groups is 1. The number of nitrogens with one attached hydrogen (secondary N) is 1. The lowest BCUT2D eigenvalue weighted by molar-refractivity contribution is 0.0501. The number of hydrogen-bond donors (Lipinski definition) is 2. The molecule has 2 aromatic rings. The summed E-state index contributed by atoms with van der Waals surface area (Å²) in [5.74, 6) is 0.585. The summed E-state index contributed by atoms with van der Waals surface area (Å²) in [5.41, 5.74) is 2.05. The van der Waals surface area contributed by atoms with Crippen molar-refractivity contribution in [1.29, 1.82) is 0 Å². The van der Waals surface area contributed by atoms with Gasteiger partial charge in [-0.15, -0.1) is 0 Å². The van der Waals surface area contributed by atoms with E-state index in [0.717, 1.165) is 11.3 Å². The zero-order chi connectivity index (χ0) is 16.6. The van der Waals surface area contributed by atoms with E-state index in [0.29, 0.717) is 25.4 Å². The molecule has 124 valence electrons. The Hall–Kier alpha value is -2.33. The third-order valence-electron chi connectivity index (χ3n) is 5.07. The zero-order valence-corrected chi connectivity index (χ0v) is 13.6. The van der Waals surface area contributed by atoms with Gasteiger partial charge in [-0.25, -0.2) is 4.79 Å². The molecule has 1 atom stereocenters. The van der Waals surface area contributed by atoms with E-state index in [9.17, 15) is 9.90 Å². The molecular formula is C20H22N2O2. The van der Waals surface area contributed by atoms with Crippen molar-refractivity contribution in [2.45, 2.75) is 30.8 Å². The number of carbonyl (C=O) groups is 1. The number of nitrogens with zero attached hydrogens (tertiary/aromatic N) is 1. The lowest BCUT2D eigenvalue weighted by Crippen LogP contribution is -2.37.